The zero-order chi connectivity index (χ0) is 15.6. The lowest BCUT2D eigenvalue weighted by atomic mass is 9.98. The van der Waals surface area contributed by atoms with E-state index in [2.05, 4.69) is 25.2 Å². The third-order valence-electron chi connectivity index (χ3n) is 4.03. The SMILES string of the molecule is Cc1cccc(C(C)C)c1NC(=O)N1CC(C)OCC1C. The summed E-state index contributed by atoms with van der Waals surface area (Å²) in [5.74, 6) is 0.376. The van der Waals surface area contributed by atoms with Crippen molar-refractivity contribution in [2.24, 2.45) is 0 Å². The summed E-state index contributed by atoms with van der Waals surface area (Å²) in [4.78, 5) is 14.5. The first-order valence-electron chi connectivity index (χ1n) is 7.69. The van der Waals surface area contributed by atoms with Crippen LogP contribution in [0.25, 0.3) is 0 Å². The average molecular weight is 290 g/mol. The Kier molecular flexibility index (Phi) is 4.88. The molecular formula is C17H26N2O2. The minimum Gasteiger partial charge on any atom is -0.375 e. The van der Waals surface area contributed by atoms with Gasteiger partial charge in [0.15, 0.2) is 0 Å². The number of benzene rings is 1. The highest BCUT2D eigenvalue weighted by Crippen LogP contribution is 2.28. The molecule has 1 saturated heterocycles. The third-order valence-corrected chi connectivity index (χ3v) is 4.03. The van der Waals surface area contributed by atoms with Crippen LogP contribution in [0.2, 0.25) is 0 Å². The van der Waals surface area contributed by atoms with Gasteiger partial charge < -0.3 is 15.0 Å². The van der Waals surface area contributed by atoms with Crippen LogP contribution < -0.4 is 5.32 Å². The maximum absolute atomic E-state index is 12.6. The quantitative estimate of drug-likeness (QED) is 0.901. The molecule has 116 valence electrons. The Bertz CT molecular complexity index is 514. The summed E-state index contributed by atoms with van der Waals surface area (Å²) in [6.07, 6.45) is 0.0911. The molecule has 2 atom stereocenters. The zero-order valence-electron chi connectivity index (χ0n) is 13.6. The predicted molar refractivity (Wildman–Crippen MR) is 85.9 cm³/mol. The van der Waals surface area contributed by atoms with Crippen LogP contribution in [0, 0.1) is 6.92 Å². The van der Waals surface area contributed by atoms with Gasteiger partial charge >= 0.3 is 6.03 Å². The molecule has 0 aromatic heterocycles. The van der Waals surface area contributed by atoms with E-state index in [9.17, 15) is 4.79 Å². The lowest BCUT2D eigenvalue weighted by molar-refractivity contribution is -0.0296. The van der Waals surface area contributed by atoms with Crippen molar-refractivity contribution in [3.05, 3.63) is 29.3 Å². The molecule has 21 heavy (non-hydrogen) atoms. The molecule has 2 unspecified atom stereocenters. The number of nitrogens with one attached hydrogen (secondary N) is 1. The van der Waals surface area contributed by atoms with Crippen LogP contribution in [0.4, 0.5) is 10.5 Å². The molecule has 0 aliphatic carbocycles. The number of aryl methyl sites for hydroxylation is 1. The summed E-state index contributed by atoms with van der Waals surface area (Å²) >= 11 is 0. The lowest BCUT2D eigenvalue weighted by Gasteiger charge is -2.37. The molecule has 1 aromatic carbocycles. The van der Waals surface area contributed by atoms with Crippen molar-refractivity contribution in [3.8, 4) is 0 Å². The number of ether oxygens (including phenoxy) is 1. The normalized spacial score (nSPS) is 22.5. The van der Waals surface area contributed by atoms with E-state index < -0.39 is 0 Å². The molecule has 1 aliphatic heterocycles. The Morgan fingerprint density at radius 2 is 2.10 bits per heavy atom. The Labute approximate surface area is 127 Å². The number of nitrogens with zero attached hydrogens (tertiary/aromatic N) is 1. The van der Waals surface area contributed by atoms with E-state index in [-0.39, 0.29) is 18.2 Å². The lowest BCUT2D eigenvalue weighted by Crippen LogP contribution is -2.51. The molecule has 0 saturated carbocycles. The molecule has 1 aliphatic rings. The molecule has 4 nitrogen and oxygen atoms in total. The fourth-order valence-electron chi connectivity index (χ4n) is 2.71. The number of para-hydroxylation sites is 1. The average Bonchev–Trinajstić information content (AvgIpc) is 2.43. The molecule has 1 N–H and O–H groups in total. The molecule has 1 aromatic rings. The standard InChI is InChI=1S/C17H26N2O2/c1-11(2)15-8-6-7-12(3)16(15)18-17(20)19-9-14(5)21-10-13(19)4/h6-8,11,13-14H,9-10H2,1-5H3,(H,18,20). The van der Waals surface area contributed by atoms with Crippen molar-refractivity contribution in [2.45, 2.75) is 52.7 Å². The number of urea groups is 1. The molecule has 0 spiro atoms. The van der Waals surface area contributed by atoms with E-state index in [0.717, 1.165) is 11.3 Å². The highest BCUT2D eigenvalue weighted by molar-refractivity contribution is 5.91. The fraction of sp³-hybridized carbons (Fsp3) is 0.588. The number of morpholine rings is 1. The van der Waals surface area contributed by atoms with E-state index in [1.165, 1.54) is 5.56 Å². The van der Waals surface area contributed by atoms with E-state index in [4.69, 9.17) is 4.74 Å². The van der Waals surface area contributed by atoms with Crippen molar-refractivity contribution in [1.29, 1.82) is 0 Å². The van der Waals surface area contributed by atoms with E-state index in [1.807, 2.05) is 37.8 Å². The van der Waals surface area contributed by atoms with Crippen LogP contribution in [0.1, 0.15) is 44.7 Å². The van der Waals surface area contributed by atoms with Crippen molar-refractivity contribution in [3.63, 3.8) is 0 Å². The second-order valence-corrected chi connectivity index (χ2v) is 6.27. The van der Waals surface area contributed by atoms with E-state index in [1.54, 1.807) is 0 Å². The summed E-state index contributed by atoms with van der Waals surface area (Å²) < 4.78 is 5.58. The highest BCUT2D eigenvalue weighted by Gasteiger charge is 2.28. The van der Waals surface area contributed by atoms with Gasteiger partial charge in [-0.3, -0.25) is 0 Å². The summed E-state index contributed by atoms with van der Waals surface area (Å²) in [5.41, 5.74) is 3.23. The molecular weight excluding hydrogens is 264 g/mol. The maximum Gasteiger partial charge on any atom is 0.322 e. The molecule has 2 rings (SSSR count). The Balaban J connectivity index is 2.19. The number of amides is 2. The van der Waals surface area contributed by atoms with Gasteiger partial charge in [0.25, 0.3) is 0 Å². The molecule has 0 bridgehead atoms. The first kappa shape index (κ1) is 15.8. The summed E-state index contributed by atoms with van der Waals surface area (Å²) in [7, 11) is 0. The van der Waals surface area contributed by atoms with Gasteiger partial charge in [0.1, 0.15) is 0 Å². The van der Waals surface area contributed by atoms with Gasteiger partial charge in [-0.05, 0) is 37.8 Å². The number of carbonyl (C=O) groups is 1. The summed E-state index contributed by atoms with van der Waals surface area (Å²) in [6, 6.07) is 6.23. The van der Waals surface area contributed by atoms with Crippen molar-refractivity contribution >= 4 is 11.7 Å². The van der Waals surface area contributed by atoms with Gasteiger partial charge in [0.2, 0.25) is 0 Å². The van der Waals surface area contributed by atoms with Crippen LogP contribution in [-0.4, -0.2) is 36.2 Å². The van der Waals surface area contributed by atoms with Crippen molar-refractivity contribution < 1.29 is 9.53 Å². The van der Waals surface area contributed by atoms with Crippen LogP contribution in [0.15, 0.2) is 18.2 Å². The molecule has 1 heterocycles. The number of carbonyl (C=O) groups excluding carboxylic acids is 1. The smallest absolute Gasteiger partial charge is 0.322 e. The van der Waals surface area contributed by atoms with E-state index in [0.29, 0.717) is 19.1 Å². The number of rotatable bonds is 2. The van der Waals surface area contributed by atoms with E-state index >= 15 is 0 Å². The second kappa shape index (κ2) is 6.48. The van der Waals surface area contributed by atoms with Gasteiger partial charge in [-0.25, -0.2) is 4.79 Å². The summed E-state index contributed by atoms with van der Waals surface area (Å²) in [6.45, 7) is 11.6. The number of anilines is 1. The third kappa shape index (κ3) is 3.56. The molecule has 0 radical (unpaired) electrons. The van der Waals surface area contributed by atoms with Gasteiger partial charge in [-0.2, -0.15) is 0 Å². The van der Waals surface area contributed by atoms with Crippen LogP contribution in [0.5, 0.6) is 0 Å². The second-order valence-electron chi connectivity index (χ2n) is 6.27. The summed E-state index contributed by atoms with van der Waals surface area (Å²) in [5, 5.41) is 3.11. The minimum atomic E-state index is -0.0335. The predicted octanol–water partition coefficient (Wildman–Crippen LogP) is 3.76. The van der Waals surface area contributed by atoms with Crippen molar-refractivity contribution in [1.82, 2.24) is 4.90 Å². The molecule has 1 fully saturated rings. The maximum atomic E-state index is 12.6. The van der Waals surface area contributed by atoms with Gasteiger partial charge in [-0.15, -0.1) is 0 Å². The van der Waals surface area contributed by atoms with Gasteiger partial charge in [-0.1, -0.05) is 32.0 Å². The van der Waals surface area contributed by atoms with Crippen molar-refractivity contribution in [2.75, 3.05) is 18.5 Å². The highest BCUT2D eigenvalue weighted by atomic mass is 16.5. The number of hydrogen-bond donors (Lipinski definition) is 1. The Morgan fingerprint density at radius 3 is 2.76 bits per heavy atom. The van der Waals surface area contributed by atoms with Crippen LogP contribution in [0.3, 0.4) is 0 Å². The largest absolute Gasteiger partial charge is 0.375 e. The topological polar surface area (TPSA) is 41.6 Å². The number of hydrogen-bond acceptors (Lipinski definition) is 2. The first-order valence-corrected chi connectivity index (χ1v) is 7.69. The fourth-order valence-corrected chi connectivity index (χ4v) is 2.71. The van der Waals surface area contributed by atoms with Gasteiger partial charge in [0, 0.05) is 12.2 Å². The van der Waals surface area contributed by atoms with Crippen LogP contribution >= 0.6 is 0 Å². The molecule has 2 amide bonds. The minimum absolute atomic E-state index is 0.0335. The monoisotopic (exact) mass is 290 g/mol. The Morgan fingerprint density at radius 1 is 1.38 bits per heavy atom. The molecule has 4 heteroatoms. The zero-order valence-corrected chi connectivity index (χ0v) is 13.6. The Hall–Kier alpha value is -1.55. The van der Waals surface area contributed by atoms with Gasteiger partial charge in [0.05, 0.1) is 18.8 Å². The van der Waals surface area contributed by atoms with Crippen LogP contribution in [-0.2, 0) is 4.74 Å². The first-order chi connectivity index (χ1) is 9.90.